The average molecular weight is 312 g/mol. The molecule has 1 saturated heterocycles. The number of likely N-dealkylation sites (N-methyl/N-ethyl adjacent to an activating group) is 1. The van der Waals surface area contributed by atoms with Gasteiger partial charge in [-0.05, 0) is 19.5 Å². The summed E-state index contributed by atoms with van der Waals surface area (Å²) in [5.74, 6) is 0.667. The van der Waals surface area contributed by atoms with Gasteiger partial charge in [-0.2, -0.15) is 0 Å². The molecule has 0 N–H and O–H groups in total. The van der Waals surface area contributed by atoms with Crippen LogP contribution in [0.2, 0.25) is 10.0 Å². The van der Waals surface area contributed by atoms with Gasteiger partial charge < -0.3 is 14.2 Å². The summed E-state index contributed by atoms with van der Waals surface area (Å²) in [5.41, 5.74) is 0.815. The van der Waals surface area contributed by atoms with Gasteiger partial charge in [0.15, 0.2) is 0 Å². The van der Waals surface area contributed by atoms with E-state index in [0.717, 1.165) is 25.2 Å². The van der Waals surface area contributed by atoms with Gasteiger partial charge in [0.1, 0.15) is 11.9 Å². The highest BCUT2D eigenvalue weighted by atomic mass is 35.5. The second kappa shape index (κ2) is 5.64. The van der Waals surface area contributed by atoms with Crippen molar-refractivity contribution in [3.05, 3.63) is 40.9 Å². The Bertz CT molecular complexity index is 601. The summed E-state index contributed by atoms with van der Waals surface area (Å²) in [6.45, 7) is 1.96. The quantitative estimate of drug-likeness (QED) is 0.871. The first kappa shape index (κ1) is 13.7. The lowest BCUT2D eigenvalue weighted by molar-refractivity contribution is 0.208. The Balaban J connectivity index is 1.89. The molecule has 0 unspecified atom stereocenters. The Hall–Kier alpha value is -1.23. The first-order valence-corrected chi connectivity index (χ1v) is 7.21. The highest BCUT2D eigenvalue weighted by molar-refractivity contribution is 6.36. The van der Waals surface area contributed by atoms with Crippen molar-refractivity contribution in [2.75, 3.05) is 20.1 Å². The maximum absolute atomic E-state index is 6.24. The molecule has 2 aromatic rings. The molecule has 0 aliphatic carbocycles. The molecule has 0 amide bonds. The van der Waals surface area contributed by atoms with E-state index in [1.165, 1.54) is 0 Å². The lowest BCUT2D eigenvalue weighted by Crippen LogP contribution is -2.21. The van der Waals surface area contributed by atoms with E-state index in [-0.39, 0.29) is 6.10 Å². The zero-order chi connectivity index (χ0) is 14.1. The van der Waals surface area contributed by atoms with E-state index >= 15 is 0 Å². The normalized spacial score (nSPS) is 19.4. The molecule has 0 spiro atoms. The third kappa shape index (κ3) is 2.77. The van der Waals surface area contributed by atoms with E-state index in [4.69, 9.17) is 27.9 Å². The number of nitrogens with zero attached hydrogens (tertiary/aromatic N) is 3. The lowest BCUT2D eigenvalue weighted by atomic mass is 10.2. The van der Waals surface area contributed by atoms with Crippen LogP contribution >= 0.6 is 23.2 Å². The van der Waals surface area contributed by atoms with E-state index < -0.39 is 0 Å². The van der Waals surface area contributed by atoms with Crippen molar-refractivity contribution in [2.45, 2.75) is 12.5 Å². The molecule has 0 radical (unpaired) electrons. The molecule has 6 heteroatoms. The van der Waals surface area contributed by atoms with Crippen LogP contribution in [0.4, 0.5) is 0 Å². The Morgan fingerprint density at radius 2 is 2.15 bits per heavy atom. The summed E-state index contributed by atoms with van der Waals surface area (Å²) in [4.78, 5) is 6.27. The van der Waals surface area contributed by atoms with Gasteiger partial charge in [-0.25, -0.2) is 4.98 Å². The highest BCUT2D eigenvalue weighted by Gasteiger charge is 2.22. The van der Waals surface area contributed by atoms with Crippen LogP contribution in [0.15, 0.2) is 30.9 Å². The van der Waals surface area contributed by atoms with Crippen LogP contribution in [0.3, 0.4) is 0 Å². The van der Waals surface area contributed by atoms with Gasteiger partial charge in [0.05, 0.1) is 22.1 Å². The first-order chi connectivity index (χ1) is 9.63. The Morgan fingerprint density at radius 1 is 1.30 bits per heavy atom. The minimum absolute atomic E-state index is 0.175. The van der Waals surface area contributed by atoms with Crippen LogP contribution in [-0.4, -0.2) is 40.7 Å². The van der Waals surface area contributed by atoms with E-state index in [9.17, 15) is 0 Å². The Labute approximate surface area is 127 Å². The van der Waals surface area contributed by atoms with Crippen LogP contribution in [0.1, 0.15) is 6.42 Å². The molecular weight excluding hydrogens is 297 g/mol. The molecule has 4 nitrogen and oxygen atoms in total. The molecule has 1 aliphatic rings. The number of halogens is 2. The van der Waals surface area contributed by atoms with Crippen molar-refractivity contribution < 1.29 is 4.74 Å². The first-order valence-electron chi connectivity index (χ1n) is 6.46. The van der Waals surface area contributed by atoms with E-state index in [0.29, 0.717) is 15.8 Å². The van der Waals surface area contributed by atoms with Gasteiger partial charge in [-0.15, -0.1) is 0 Å². The van der Waals surface area contributed by atoms with Gasteiger partial charge in [0, 0.05) is 31.5 Å². The second-order valence-electron chi connectivity index (χ2n) is 4.99. The SMILES string of the molecule is CN1CC[C@@H](Oc2cc(-n3ccnc3)c(Cl)cc2Cl)C1. The summed E-state index contributed by atoms with van der Waals surface area (Å²) in [6, 6.07) is 3.58. The van der Waals surface area contributed by atoms with Crippen molar-refractivity contribution in [3.63, 3.8) is 0 Å². The van der Waals surface area contributed by atoms with Crippen LogP contribution in [-0.2, 0) is 0 Å². The smallest absolute Gasteiger partial charge is 0.140 e. The standard InChI is InChI=1S/C14H15Cl2N3O/c1-18-4-2-10(8-18)20-14-7-13(11(15)6-12(14)16)19-5-3-17-9-19/h3,5-7,9-10H,2,4,8H2,1H3/t10-/m1/s1. The Kier molecular flexibility index (Phi) is 3.87. The summed E-state index contributed by atoms with van der Waals surface area (Å²) in [7, 11) is 2.09. The predicted molar refractivity (Wildman–Crippen MR) is 80.1 cm³/mol. The molecule has 1 aromatic carbocycles. The molecule has 3 rings (SSSR count). The summed E-state index contributed by atoms with van der Waals surface area (Å²) < 4.78 is 7.84. The molecule has 0 saturated carbocycles. The summed E-state index contributed by atoms with van der Waals surface area (Å²) in [6.07, 6.45) is 6.42. The van der Waals surface area contributed by atoms with Crippen molar-refractivity contribution in [1.82, 2.24) is 14.5 Å². The molecule has 1 aliphatic heterocycles. The number of hydrogen-bond acceptors (Lipinski definition) is 3. The van der Waals surface area contributed by atoms with Crippen LogP contribution in [0.5, 0.6) is 5.75 Å². The molecule has 106 valence electrons. The molecule has 2 heterocycles. The molecule has 20 heavy (non-hydrogen) atoms. The van der Waals surface area contributed by atoms with E-state index in [1.807, 2.05) is 16.8 Å². The summed E-state index contributed by atoms with van der Waals surface area (Å²) in [5, 5.41) is 1.11. The fourth-order valence-electron chi connectivity index (χ4n) is 2.38. The molecular formula is C14H15Cl2N3O. The second-order valence-corrected chi connectivity index (χ2v) is 5.81. The van der Waals surface area contributed by atoms with Crippen molar-refractivity contribution in [2.24, 2.45) is 0 Å². The largest absolute Gasteiger partial charge is 0.487 e. The van der Waals surface area contributed by atoms with Crippen molar-refractivity contribution >= 4 is 23.2 Å². The number of ether oxygens (including phenoxy) is 1. The number of hydrogen-bond donors (Lipinski definition) is 0. The van der Waals surface area contributed by atoms with Gasteiger partial charge in [-0.1, -0.05) is 23.2 Å². The molecule has 1 aromatic heterocycles. The number of benzene rings is 1. The maximum Gasteiger partial charge on any atom is 0.140 e. The average Bonchev–Trinajstić information content (AvgIpc) is 3.04. The highest BCUT2D eigenvalue weighted by Crippen LogP contribution is 2.34. The van der Waals surface area contributed by atoms with Gasteiger partial charge in [0.2, 0.25) is 0 Å². The van der Waals surface area contributed by atoms with Gasteiger partial charge in [0.25, 0.3) is 0 Å². The third-order valence-electron chi connectivity index (χ3n) is 3.43. The Morgan fingerprint density at radius 3 is 2.80 bits per heavy atom. The van der Waals surface area contributed by atoms with Gasteiger partial charge in [-0.3, -0.25) is 0 Å². The number of aromatic nitrogens is 2. The van der Waals surface area contributed by atoms with E-state index in [2.05, 4.69) is 16.9 Å². The number of likely N-dealkylation sites (tertiary alicyclic amines) is 1. The molecule has 1 atom stereocenters. The van der Waals surface area contributed by atoms with Crippen LogP contribution in [0.25, 0.3) is 5.69 Å². The fraction of sp³-hybridized carbons (Fsp3) is 0.357. The number of imidazole rings is 1. The van der Waals surface area contributed by atoms with Crippen molar-refractivity contribution in [1.29, 1.82) is 0 Å². The van der Waals surface area contributed by atoms with Crippen molar-refractivity contribution in [3.8, 4) is 11.4 Å². The van der Waals surface area contributed by atoms with Crippen LogP contribution in [0, 0.1) is 0 Å². The predicted octanol–water partition coefficient (Wildman–Crippen LogP) is 3.26. The zero-order valence-electron chi connectivity index (χ0n) is 11.1. The maximum atomic E-state index is 6.24. The van der Waals surface area contributed by atoms with Crippen LogP contribution < -0.4 is 4.74 Å². The topological polar surface area (TPSA) is 30.3 Å². The van der Waals surface area contributed by atoms with Gasteiger partial charge >= 0.3 is 0 Å². The summed E-state index contributed by atoms with van der Waals surface area (Å²) >= 11 is 12.5. The third-order valence-corrected chi connectivity index (χ3v) is 4.02. The number of rotatable bonds is 3. The fourth-order valence-corrected chi connectivity index (χ4v) is 2.90. The monoisotopic (exact) mass is 311 g/mol. The molecule has 0 bridgehead atoms. The minimum Gasteiger partial charge on any atom is -0.487 e. The minimum atomic E-state index is 0.175. The lowest BCUT2D eigenvalue weighted by Gasteiger charge is -2.16. The zero-order valence-corrected chi connectivity index (χ0v) is 12.6. The van der Waals surface area contributed by atoms with E-state index in [1.54, 1.807) is 18.6 Å². The molecule has 1 fully saturated rings.